The van der Waals surface area contributed by atoms with Gasteiger partial charge < -0.3 is 10.1 Å². The van der Waals surface area contributed by atoms with Gasteiger partial charge in [-0.2, -0.15) is 8.78 Å². The number of rotatable bonds is 5. The number of halogens is 4. The molecule has 3 rings (SSSR count). The number of hydrogen-bond donors (Lipinski definition) is 1. The van der Waals surface area contributed by atoms with Crippen molar-refractivity contribution in [2.24, 2.45) is 0 Å². The summed E-state index contributed by atoms with van der Waals surface area (Å²) in [6.07, 6.45) is 0.974. The lowest BCUT2D eigenvalue weighted by Gasteiger charge is -2.16. The van der Waals surface area contributed by atoms with Gasteiger partial charge in [-0.05, 0) is 43.3 Å². The normalized spacial score (nSPS) is 14.0. The number of alkyl halides is 2. The van der Waals surface area contributed by atoms with Crippen molar-refractivity contribution in [2.75, 3.05) is 10.2 Å². The molecule has 1 N–H and O–H groups in total. The molecule has 140 valence electrons. The Morgan fingerprint density at radius 2 is 1.63 bits per heavy atom. The van der Waals surface area contributed by atoms with E-state index in [-0.39, 0.29) is 28.4 Å². The SMILES string of the molecule is Cc1c(F)cc(NC2=CC(=O)N(c3ccc(OC(F)F)cc3)C2=O)cc1F. The zero-order chi connectivity index (χ0) is 19.7. The molecule has 5 nitrogen and oxygen atoms in total. The first kappa shape index (κ1) is 18.4. The average Bonchev–Trinajstić information content (AvgIpc) is 2.87. The van der Waals surface area contributed by atoms with Gasteiger partial charge in [-0.25, -0.2) is 13.7 Å². The van der Waals surface area contributed by atoms with E-state index in [4.69, 9.17) is 0 Å². The van der Waals surface area contributed by atoms with Crippen LogP contribution in [0.2, 0.25) is 0 Å². The van der Waals surface area contributed by atoms with Gasteiger partial charge in [0.05, 0.1) is 5.69 Å². The van der Waals surface area contributed by atoms with Gasteiger partial charge in [-0.1, -0.05) is 0 Å². The minimum absolute atomic E-state index is 0.0365. The number of nitrogens with zero attached hydrogens (tertiary/aromatic N) is 1. The van der Waals surface area contributed by atoms with E-state index in [2.05, 4.69) is 10.1 Å². The van der Waals surface area contributed by atoms with Crippen LogP contribution in [0.4, 0.5) is 28.9 Å². The Morgan fingerprint density at radius 3 is 2.19 bits per heavy atom. The first-order valence-electron chi connectivity index (χ1n) is 7.64. The second kappa shape index (κ2) is 7.10. The fourth-order valence-electron chi connectivity index (χ4n) is 2.45. The van der Waals surface area contributed by atoms with Gasteiger partial charge in [0.25, 0.3) is 11.8 Å². The second-order valence-corrected chi connectivity index (χ2v) is 5.60. The van der Waals surface area contributed by atoms with E-state index in [1.807, 2.05) is 0 Å². The first-order valence-corrected chi connectivity index (χ1v) is 7.64. The number of nitrogens with one attached hydrogen (secondary N) is 1. The van der Waals surface area contributed by atoms with E-state index in [9.17, 15) is 27.2 Å². The van der Waals surface area contributed by atoms with Gasteiger partial charge in [0.15, 0.2) is 0 Å². The minimum Gasteiger partial charge on any atom is -0.435 e. The molecule has 1 aliphatic rings. The smallest absolute Gasteiger partial charge is 0.387 e. The van der Waals surface area contributed by atoms with Crippen LogP contribution in [-0.2, 0) is 9.59 Å². The summed E-state index contributed by atoms with van der Waals surface area (Å²) in [5, 5.41) is 2.51. The van der Waals surface area contributed by atoms with Crippen molar-refractivity contribution >= 4 is 23.2 Å². The topological polar surface area (TPSA) is 58.6 Å². The molecule has 1 aliphatic heterocycles. The van der Waals surface area contributed by atoms with Crippen molar-refractivity contribution in [3.05, 3.63) is 65.4 Å². The molecule has 0 saturated heterocycles. The molecule has 0 aliphatic carbocycles. The van der Waals surface area contributed by atoms with Crippen molar-refractivity contribution < 1.29 is 31.9 Å². The molecule has 1 heterocycles. The maximum Gasteiger partial charge on any atom is 0.387 e. The Morgan fingerprint density at radius 1 is 1.04 bits per heavy atom. The van der Waals surface area contributed by atoms with E-state index < -0.39 is 30.1 Å². The van der Waals surface area contributed by atoms with Gasteiger partial charge in [0.1, 0.15) is 23.1 Å². The Hall–Kier alpha value is -3.36. The van der Waals surface area contributed by atoms with Crippen LogP contribution >= 0.6 is 0 Å². The lowest BCUT2D eigenvalue weighted by molar-refractivity contribution is -0.120. The van der Waals surface area contributed by atoms with Crippen LogP contribution in [0.25, 0.3) is 0 Å². The molecule has 0 unspecified atom stereocenters. The summed E-state index contributed by atoms with van der Waals surface area (Å²) < 4.78 is 55.8. The number of imide groups is 1. The highest BCUT2D eigenvalue weighted by molar-refractivity contribution is 6.31. The summed E-state index contributed by atoms with van der Waals surface area (Å²) in [5.41, 5.74) is -0.266. The monoisotopic (exact) mass is 380 g/mol. The Balaban J connectivity index is 1.79. The lowest BCUT2D eigenvalue weighted by atomic mass is 10.2. The highest BCUT2D eigenvalue weighted by Crippen LogP contribution is 2.27. The Kier molecular flexibility index (Phi) is 4.85. The van der Waals surface area contributed by atoms with Gasteiger partial charge >= 0.3 is 6.61 Å². The largest absolute Gasteiger partial charge is 0.435 e. The number of ether oxygens (including phenoxy) is 1. The third kappa shape index (κ3) is 3.76. The third-order valence-corrected chi connectivity index (χ3v) is 3.80. The highest BCUT2D eigenvalue weighted by atomic mass is 19.3. The fraction of sp³-hybridized carbons (Fsp3) is 0.111. The van der Waals surface area contributed by atoms with Crippen LogP contribution in [0, 0.1) is 18.6 Å². The molecule has 2 amide bonds. The van der Waals surface area contributed by atoms with Crippen molar-refractivity contribution in [2.45, 2.75) is 13.5 Å². The number of carbonyl (C=O) groups is 2. The summed E-state index contributed by atoms with van der Waals surface area (Å²) in [6, 6.07) is 6.87. The van der Waals surface area contributed by atoms with Crippen molar-refractivity contribution in [3.8, 4) is 5.75 Å². The standard InChI is InChI=1S/C18H12F4N2O3/c1-9-13(19)6-10(7-14(9)20)23-15-8-16(25)24(17(15)26)11-2-4-12(5-3-11)27-18(21)22/h2-8,18,23H,1H3. The van der Waals surface area contributed by atoms with Crippen LogP contribution in [-0.4, -0.2) is 18.4 Å². The highest BCUT2D eigenvalue weighted by Gasteiger charge is 2.32. The van der Waals surface area contributed by atoms with Gasteiger partial charge in [0, 0.05) is 17.3 Å². The summed E-state index contributed by atoms with van der Waals surface area (Å²) in [4.78, 5) is 25.4. The van der Waals surface area contributed by atoms with Crippen LogP contribution < -0.4 is 15.0 Å². The lowest BCUT2D eigenvalue weighted by Crippen LogP contribution is -2.31. The molecule has 0 spiro atoms. The Bertz CT molecular complexity index is 919. The zero-order valence-corrected chi connectivity index (χ0v) is 13.8. The van der Waals surface area contributed by atoms with Crippen molar-refractivity contribution in [1.29, 1.82) is 0 Å². The molecule has 2 aromatic rings. The van der Waals surface area contributed by atoms with E-state index in [0.717, 1.165) is 23.1 Å². The van der Waals surface area contributed by atoms with Gasteiger partial charge in [0.2, 0.25) is 0 Å². The zero-order valence-electron chi connectivity index (χ0n) is 13.8. The number of anilines is 2. The molecule has 0 bridgehead atoms. The minimum atomic E-state index is -3.00. The van der Waals surface area contributed by atoms with E-state index >= 15 is 0 Å². The van der Waals surface area contributed by atoms with E-state index in [0.29, 0.717) is 0 Å². The summed E-state index contributed by atoms with van der Waals surface area (Å²) in [6.45, 7) is -1.74. The quantitative estimate of drug-likeness (QED) is 0.634. The molecular weight excluding hydrogens is 368 g/mol. The number of hydrogen-bond acceptors (Lipinski definition) is 4. The van der Waals surface area contributed by atoms with Crippen LogP contribution in [0.3, 0.4) is 0 Å². The first-order chi connectivity index (χ1) is 12.8. The van der Waals surface area contributed by atoms with E-state index in [1.165, 1.54) is 31.2 Å². The predicted octanol–water partition coefficient (Wildman–Crippen LogP) is 3.74. The number of carbonyl (C=O) groups excluding carboxylic acids is 2. The Labute approximate surface area is 150 Å². The molecule has 0 saturated carbocycles. The molecule has 2 aromatic carbocycles. The van der Waals surface area contributed by atoms with Crippen molar-refractivity contribution in [1.82, 2.24) is 0 Å². The molecule has 0 atom stereocenters. The summed E-state index contributed by atoms with van der Waals surface area (Å²) in [7, 11) is 0. The van der Waals surface area contributed by atoms with Crippen LogP contribution in [0.5, 0.6) is 5.75 Å². The second-order valence-electron chi connectivity index (χ2n) is 5.60. The van der Waals surface area contributed by atoms with Crippen molar-refractivity contribution in [3.63, 3.8) is 0 Å². The maximum atomic E-state index is 13.6. The molecule has 0 radical (unpaired) electrons. The predicted molar refractivity (Wildman–Crippen MR) is 88.4 cm³/mol. The molecular formula is C18H12F4N2O3. The third-order valence-electron chi connectivity index (χ3n) is 3.80. The fourth-order valence-corrected chi connectivity index (χ4v) is 2.45. The number of amides is 2. The molecule has 0 fully saturated rings. The van der Waals surface area contributed by atoms with Crippen LogP contribution in [0.1, 0.15) is 5.56 Å². The molecule has 9 heteroatoms. The van der Waals surface area contributed by atoms with Gasteiger partial charge in [-0.3, -0.25) is 9.59 Å². The molecule has 0 aromatic heterocycles. The average molecular weight is 380 g/mol. The maximum absolute atomic E-state index is 13.6. The van der Waals surface area contributed by atoms with Crippen LogP contribution in [0.15, 0.2) is 48.2 Å². The summed E-state index contributed by atoms with van der Waals surface area (Å²) >= 11 is 0. The van der Waals surface area contributed by atoms with Gasteiger partial charge in [-0.15, -0.1) is 0 Å². The number of benzene rings is 2. The summed E-state index contributed by atoms with van der Waals surface area (Å²) in [5.74, 6) is -3.20. The van der Waals surface area contributed by atoms with E-state index in [1.54, 1.807) is 0 Å². The molecule has 27 heavy (non-hydrogen) atoms.